The molecule has 7 nitrogen and oxygen atoms in total. The molecule has 1 aromatic heterocycles. The molecule has 1 aliphatic rings. The molecule has 38 heavy (non-hydrogen) atoms. The molecule has 4 rings (SSSR count). The van der Waals surface area contributed by atoms with E-state index in [9.17, 15) is 26.0 Å². The quantitative estimate of drug-likeness (QED) is 0.387. The Bertz CT molecular complexity index is 1390. The van der Waals surface area contributed by atoms with Gasteiger partial charge >= 0.3 is 6.18 Å². The topological polar surface area (TPSA) is 87.2 Å². The van der Waals surface area contributed by atoms with Crippen molar-refractivity contribution in [2.45, 2.75) is 48.3 Å². The van der Waals surface area contributed by atoms with Crippen LogP contribution in [0.4, 0.5) is 33.5 Å². The highest BCUT2D eigenvalue weighted by atomic mass is 32.2. The number of sulfonamides is 1. The molecular formula is C25H26F5N5O2S. The zero-order valence-electron chi connectivity index (χ0n) is 20.5. The molecule has 0 spiro atoms. The largest absolute Gasteiger partial charge is 0.416 e. The molecule has 0 bridgehead atoms. The van der Waals surface area contributed by atoms with Crippen LogP contribution in [0.1, 0.15) is 36.3 Å². The summed E-state index contributed by atoms with van der Waals surface area (Å²) in [7, 11) is -0.854. The Labute approximate surface area is 217 Å². The molecule has 1 fully saturated rings. The normalized spacial score (nSPS) is 20.4. The molecule has 2 aromatic carbocycles. The predicted octanol–water partition coefficient (Wildman–Crippen LogP) is 5.25. The first kappa shape index (κ1) is 27.7. The van der Waals surface area contributed by atoms with Crippen molar-refractivity contribution in [2.75, 3.05) is 24.1 Å². The Kier molecular flexibility index (Phi) is 7.88. The molecule has 204 valence electrons. The van der Waals surface area contributed by atoms with Crippen molar-refractivity contribution in [2.24, 2.45) is 0 Å². The van der Waals surface area contributed by atoms with E-state index < -0.39 is 38.3 Å². The van der Waals surface area contributed by atoms with Crippen LogP contribution in [0.25, 0.3) is 0 Å². The minimum absolute atomic E-state index is 0.103. The molecule has 1 heterocycles. The fraction of sp³-hybridized carbons (Fsp3) is 0.360. The lowest BCUT2D eigenvalue weighted by molar-refractivity contribution is -0.137. The van der Waals surface area contributed by atoms with Crippen LogP contribution in [0.2, 0.25) is 0 Å². The molecule has 3 atom stereocenters. The molecule has 0 unspecified atom stereocenters. The molecule has 0 amide bonds. The Morgan fingerprint density at radius 1 is 1.03 bits per heavy atom. The monoisotopic (exact) mass is 555 g/mol. The number of alkyl halides is 3. The van der Waals surface area contributed by atoms with Gasteiger partial charge in [0.2, 0.25) is 0 Å². The van der Waals surface area contributed by atoms with E-state index in [1.54, 1.807) is 20.2 Å². The Balaban J connectivity index is 1.52. The molecule has 0 saturated heterocycles. The lowest BCUT2D eigenvalue weighted by Gasteiger charge is -2.41. The number of nitrogens with zero attached hydrogens (tertiary/aromatic N) is 3. The minimum Gasteiger partial charge on any atom is -0.378 e. The standard InChI is InChI=1S/C25H26F5N5O2S/c1-35(2)22-11-16(15-4-3-5-17(10-15)25(28,29)30)6-7-20(22)33-21-12-19(27)23(13-18(21)26)38(36,37)34-24-8-9-31-14-32-24/h3-5,8-10,12-14,16,20,22,33H,6-7,11H2,1-2H3,(H,31,32,34)/t16-,20-,22-/m0/s1. The van der Waals surface area contributed by atoms with Crippen molar-refractivity contribution in [3.63, 3.8) is 0 Å². The maximum Gasteiger partial charge on any atom is 0.416 e. The zero-order chi connectivity index (χ0) is 27.7. The highest BCUT2D eigenvalue weighted by Gasteiger charge is 2.35. The Morgan fingerprint density at radius 2 is 1.79 bits per heavy atom. The van der Waals surface area contributed by atoms with Crippen molar-refractivity contribution in [3.8, 4) is 0 Å². The number of benzene rings is 2. The minimum atomic E-state index is -4.46. The van der Waals surface area contributed by atoms with Crippen molar-refractivity contribution >= 4 is 21.5 Å². The summed E-state index contributed by atoms with van der Waals surface area (Å²) in [4.78, 5) is 8.39. The second-order valence-corrected chi connectivity index (χ2v) is 11.0. The molecule has 3 aromatic rings. The van der Waals surface area contributed by atoms with Crippen LogP contribution in [0.3, 0.4) is 0 Å². The highest BCUT2D eigenvalue weighted by Crippen LogP contribution is 2.39. The SMILES string of the molecule is CN(C)[C@H]1C[C@@H](c2cccc(C(F)(F)F)c2)CC[C@@H]1Nc1cc(F)c(S(=O)(=O)Nc2ccncn2)cc1F. The van der Waals surface area contributed by atoms with E-state index in [0.717, 1.165) is 24.5 Å². The summed E-state index contributed by atoms with van der Waals surface area (Å²) in [6.45, 7) is 0. The second kappa shape index (κ2) is 10.8. The van der Waals surface area contributed by atoms with Crippen LogP contribution >= 0.6 is 0 Å². The van der Waals surface area contributed by atoms with Gasteiger partial charge in [-0.15, -0.1) is 0 Å². The fourth-order valence-corrected chi connectivity index (χ4v) is 5.83. The van der Waals surface area contributed by atoms with Crippen LogP contribution in [0, 0.1) is 11.6 Å². The molecule has 0 aliphatic heterocycles. The van der Waals surface area contributed by atoms with Gasteiger partial charge in [-0.25, -0.2) is 27.2 Å². The van der Waals surface area contributed by atoms with Crippen molar-refractivity contribution in [1.82, 2.24) is 14.9 Å². The maximum absolute atomic E-state index is 15.0. The summed E-state index contributed by atoms with van der Waals surface area (Å²) in [5.41, 5.74) is -0.343. The van der Waals surface area contributed by atoms with E-state index in [4.69, 9.17) is 0 Å². The number of hydrogen-bond acceptors (Lipinski definition) is 6. The fourth-order valence-electron chi connectivity index (χ4n) is 4.75. The van der Waals surface area contributed by atoms with E-state index in [1.165, 1.54) is 18.3 Å². The summed E-state index contributed by atoms with van der Waals surface area (Å²) in [5, 5.41) is 2.98. The van der Waals surface area contributed by atoms with Crippen molar-refractivity contribution in [3.05, 3.63) is 77.8 Å². The first-order chi connectivity index (χ1) is 17.8. The number of likely N-dealkylation sites (N-methyl/N-ethyl adjacent to an activating group) is 1. The van der Waals surface area contributed by atoms with Gasteiger partial charge in [0.25, 0.3) is 10.0 Å². The van der Waals surface area contributed by atoms with Gasteiger partial charge in [-0.3, -0.25) is 4.72 Å². The first-order valence-electron chi connectivity index (χ1n) is 11.7. The summed E-state index contributed by atoms with van der Waals surface area (Å²) in [6, 6.07) is 7.33. The number of halogens is 5. The summed E-state index contributed by atoms with van der Waals surface area (Å²) in [6.07, 6.45) is -0.558. The number of aromatic nitrogens is 2. The molecular weight excluding hydrogens is 529 g/mol. The van der Waals surface area contributed by atoms with Gasteiger partial charge in [0.1, 0.15) is 28.7 Å². The number of rotatable bonds is 7. The van der Waals surface area contributed by atoms with E-state index in [2.05, 4.69) is 20.0 Å². The van der Waals surface area contributed by atoms with Gasteiger partial charge in [-0.2, -0.15) is 13.2 Å². The lowest BCUT2D eigenvalue weighted by Crippen LogP contribution is -2.47. The zero-order valence-corrected chi connectivity index (χ0v) is 21.3. The van der Waals surface area contributed by atoms with E-state index in [0.29, 0.717) is 30.9 Å². The summed E-state index contributed by atoms with van der Waals surface area (Å²) >= 11 is 0. The number of anilines is 2. The third-order valence-corrected chi connectivity index (χ3v) is 8.01. The third kappa shape index (κ3) is 6.21. The van der Waals surface area contributed by atoms with Crippen LogP contribution in [-0.4, -0.2) is 49.5 Å². The van der Waals surface area contributed by atoms with Crippen molar-refractivity contribution in [1.29, 1.82) is 0 Å². The average Bonchev–Trinajstić information content (AvgIpc) is 2.86. The van der Waals surface area contributed by atoms with Gasteiger partial charge in [0.05, 0.1) is 11.3 Å². The molecule has 1 saturated carbocycles. The third-order valence-electron chi connectivity index (χ3n) is 6.64. The van der Waals surface area contributed by atoms with Crippen LogP contribution in [-0.2, 0) is 16.2 Å². The number of nitrogens with one attached hydrogen (secondary N) is 2. The van der Waals surface area contributed by atoms with Gasteiger partial charge in [0.15, 0.2) is 0 Å². The maximum atomic E-state index is 15.0. The Hall–Kier alpha value is -3.32. The van der Waals surface area contributed by atoms with Crippen molar-refractivity contribution < 1.29 is 30.4 Å². The van der Waals surface area contributed by atoms with Gasteiger partial charge in [-0.05, 0) is 63.0 Å². The van der Waals surface area contributed by atoms with E-state index in [1.807, 2.05) is 4.90 Å². The van der Waals surface area contributed by atoms with Crippen LogP contribution < -0.4 is 10.0 Å². The van der Waals surface area contributed by atoms with Crippen LogP contribution in [0.5, 0.6) is 0 Å². The summed E-state index contributed by atoms with van der Waals surface area (Å²) in [5.74, 6) is -2.38. The van der Waals surface area contributed by atoms with Crippen LogP contribution in [0.15, 0.2) is 59.9 Å². The van der Waals surface area contributed by atoms with E-state index >= 15 is 4.39 Å². The smallest absolute Gasteiger partial charge is 0.378 e. The molecule has 1 aliphatic carbocycles. The van der Waals surface area contributed by atoms with E-state index in [-0.39, 0.29) is 29.5 Å². The first-order valence-corrected chi connectivity index (χ1v) is 13.2. The second-order valence-electron chi connectivity index (χ2n) is 9.38. The highest BCUT2D eigenvalue weighted by molar-refractivity contribution is 7.92. The number of hydrogen-bond donors (Lipinski definition) is 2. The average molecular weight is 556 g/mol. The Morgan fingerprint density at radius 3 is 2.45 bits per heavy atom. The molecule has 0 radical (unpaired) electrons. The lowest BCUT2D eigenvalue weighted by atomic mass is 9.78. The molecule has 13 heteroatoms. The van der Waals surface area contributed by atoms with Gasteiger partial charge in [0, 0.05) is 24.3 Å². The molecule has 2 N–H and O–H groups in total. The predicted molar refractivity (Wildman–Crippen MR) is 132 cm³/mol. The van der Waals surface area contributed by atoms with Gasteiger partial charge < -0.3 is 10.2 Å². The summed E-state index contributed by atoms with van der Waals surface area (Å²) < 4.78 is 96.8. The van der Waals surface area contributed by atoms with Gasteiger partial charge in [-0.1, -0.05) is 18.2 Å².